The molecule has 15 heteroatoms. The van der Waals surface area contributed by atoms with E-state index < -0.39 is 16.5 Å². The highest BCUT2D eigenvalue weighted by Gasteiger charge is 2.38. The van der Waals surface area contributed by atoms with Crippen LogP contribution in [0.3, 0.4) is 0 Å². The van der Waals surface area contributed by atoms with Crippen LogP contribution in [0.5, 0.6) is 11.5 Å². The van der Waals surface area contributed by atoms with Gasteiger partial charge in [0.1, 0.15) is 28.5 Å². The predicted octanol–water partition coefficient (Wildman–Crippen LogP) is 11.5. The van der Waals surface area contributed by atoms with Crippen LogP contribution in [-0.2, 0) is 26.3 Å². The molecule has 1 amide bonds. The van der Waals surface area contributed by atoms with Gasteiger partial charge >= 0.3 is 5.97 Å². The van der Waals surface area contributed by atoms with Crippen molar-refractivity contribution in [1.82, 2.24) is 4.98 Å². The summed E-state index contributed by atoms with van der Waals surface area (Å²) >= 11 is 6.27. The Balaban J connectivity index is 1.02. The SMILES string of the molecule is COC(=O)c1cc2c3c(ccc2[nH]1)N(C(=O)CCCN(CCCOC(c1ccccc1)(c1ccc(OC)cc1)c1ccc(OC)cc1)c1ccc(N=Nc2ccc([N+](=O)[O-])cc2Cl)cc1)CC3. The second-order valence-electron chi connectivity index (χ2n) is 15.9. The Morgan fingerprint density at radius 1 is 0.791 bits per heavy atom. The molecule has 1 aliphatic heterocycles. The van der Waals surface area contributed by atoms with Crippen molar-refractivity contribution >= 4 is 62.8 Å². The van der Waals surface area contributed by atoms with Crippen LogP contribution >= 0.6 is 11.6 Å². The van der Waals surface area contributed by atoms with Crippen molar-refractivity contribution in [2.75, 3.05) is 57.4 Å². The van der Waals surface area contributed by atoms with E-state index in [2.05, 4.69) is 32.2 Å². The Kier molecular flexibility index (Phi) is 14.2. The van der Waals surface area contributed by atoms with Gasteiger partial charge in [-0.05, 0) is 114 Å². The third-order valence-electron chi connectivity index (χ3n) is 12.0. The number of benzene rings is 6. The second kappa shape index (κ2) is 20.7. The summed E-state index contributed by atoms with van der Waals surface area (Å²) in [5.41, 5.74) is 6.60. The maximum atomic E-state index is 13.9. The number of nitrogens with zero attached hydrogens (tertiary/aromatic N) is 5. The Morgan fingerprint density at radius 2 is 1.45 bits per heavy atom. The number of ether oxygens (including phenoxy) is 4. The summed E-state index contributed by atoms with van der Waals surface area (Å²) in [5.74, 6) is 1.05. The fraction of sp³-hybridized carbons (Fsp3) is 0.231. The van der Waals surface area contributed by atoms with Gasteiger partial charge < -0.3 is 33.7 Å². The second-order valence-corrected chi connectivity index (χ2v) is 16.3. The molecule has 0 saturated carbocycles. The lowest BCUT2D eigenvalue weighted by atomic mass is 9.80. The third-order valence-corrected chi connectivity index (χ3v) is 12.3. The van der Waals surface area contributed by atoms with Crippen LogP contribution in [0.2, 0.25) is 5.02 Å². The Morgan fingerprint density at radius 3 is 2.07 bits per heavy atom. The Bertz CT molecular complexity index is 2840. The summed E-state index contributed by atoms with van der Waals surface area (Å²) in [7, 11) is 4.64. The number of nitro benzene ring substituents is 1. The van der Waals surface area contributed by atoms with Crippen LogP contribution in [0, 0.1) is 10.1 Å². The number of aromatic nitrogens is 1. The van der Waals surface area contributed by atoms with Crippen LogP contribution in [0.4, 0.5) is 28.4 Å². The Labute approximate surface area is 392 Å². The summed E-state index contributed by atoms with van der Waals surface area (Å²) in [5, 5.41) is 20.8. The molecule has 0 radical (unpaired) electrons. The highest BCUT2D eigenvalue weighted by atomic mass is 35.5. The van der Waals surface area contributed by atoms with Crippen LogP contribution in [0.1, 0.15) is 52.0 Å². The monoisotopic (exact) mass is 920 g/mol. The molecule has 8 rings (SSSR count). The van der Waals surface area contributed by atoms with Crippen LogP contribution in [0.15, 0.2) is 150 Å². The first kappa shape index (κ1) is 46.0. The maximum Gasteiger partial charge on any atom is 0.354 e. The quantitative estimate of drug-likeness (QED) is 0.0208. The zero-order chi connectivity index (χ0) is 46.9. The molecule has 1 aliphatic rings. The Hall–Kier alpha value is -7.55. The number of H-pyrrole nitrogens is 1. The number of nitro groups is 1. The number of carbonyl (C=O) groups excluding carboxylic acids is 2. The summed E-state index contributed by atoms with van der Waals surface area (Å²) in [6.07, 6.45) is 2.21. The average Bonchev–Trinajstić information content (AvgIpc) is 4.01. The number of methoxy groups -OCH3 is 3. The van der Waals surface area contributed by atoms with Gasteiger partial charge in [-0.2, -0.15) is 5.11 Å². The average molecular weight is 921 g/mol. The van der Waals surface area contributed by atoms with Gasteiger partial charge in [0.2, 0.25) is 5.91 Å². The predicted molar refractivity (Wildman–Crippen MR) is 259 cm³/mol. The largest absolute Gasteiger partial charge is 0.497 e. The van der Waals surface area contributed by atoms with E-state index in [1.165, 1.54) is 25.3 Å². The first-order valence-corrected chi connectivity index (χ1v) is 22.2. The number of aromatic amines is 1. The third kappa shape index (κ3) is 10.0. The standard InChI is InChI=1S/C52H49ClN6O8/c1-64-41-21-12-36(13-22-41)52(35-9-5-4-6-10-35,37-14-23-42(65-2)24-15-37)67-32-8-30-57(39-18-16-38(17-19-39)55-56-47-25-20-40(59(62)63)33-45(47)53)29-7-11-50(60)58-31-28-43-44-34-48(51(61)66-3)54-46(44)26-27-49(43)58/h4-6,9-10,12-27,33-34,54H,7-8,11,28-32H2,1-3H3. The minimum Gasteiger partial charge on any atom is -0.497 e. The van der Waals surface area contributed by atoms with Crippen molar-refractivity contribution in [3.05, 3.63) is 183 Å². The first-order chi connectivity index (χ1) is 32.6. The van der Waals surface area contributed by atoms with E-state index >= 15 is 0 Å². The number of anilines is 2. The molecule has 342 valence electrons. The lowest BCUT2D eigenvalue weighted by molar-refractivity contribution is -0.384. The lowest BCUT2D eigenvalue weighted by Gasteiger charge is -2.36. The molecule has 0 unspecified atom stereocenters. The molecule has 0 atom stereocenters. The van der Waals surface area contributed by atoms with Gasteiger partial charge in [-0.3, -0.25) is 14.9 Å². The van der Waals surface area contributed by atoms with Crippen molar-refractivity contribution in [2.24, 2.45) is 10.2 Å². The van der Waals surface area contributed by atoms with Crippen molar-refractivity contribution in [2.45, 2.75) is 31.3 Å². The number of fused-ring (bicyclic) bond motifs is 3. The summed E-state index contributed by atoms with van der Waals surface area (Å²) in [4.78, 5) is 44.0. The normalized spacial score (nSPS) is 12.3. The highest BCUT2D eigenvalue weighted by Crippen LogP contribution is 2.42. The molecule has 0 aliphatic carbocycles. The maximum absolute atomic E-state index is 13.9. The minimum atomic E-state index is -0.977. The van der Waals surface area contributed by atoms with E-state index in [1.54, 1.807) is 20.3 Å². The van der Waals surface area contributed by atoms with Gasteiger partial charge in [-0.15, -0.1) is 5.11 Å². The molecule has 67 heavy (non-hydrogen) atoms. The first-order valence-electron chi connectivity index (χ1n) is 21.8. The van der Waals surface area contributed by atoms with E-state index in [0.717, 1.165) is 56.0 Å². The van der Waals surface area contributed by atoms with Crippen LogP contribution in [0.25, 0.3) is 10.9 Å². The molecular formula is C52H49ClN6O8. The van der Waals surface area contributed by atoms with E-state index in [1.807, 2.05) is 108 Å². The molecule has 0 fully saturated rings. The topological polar surface area (TPSA) is 161 Å². The molecule has 1 aromatic heterocycles. The molecule has 14 nitrogen and oxygen atoms in total. The summed E-state index contributed by atoms with van der Waals surface area (Å²) in [6, 6.07) is 43.3. The van der Waals surface area contributed by atoms with Gasteiger partial charge in [-0.1, -0.05) is 66.2 Å². The molecule has 1 N–H and O–H groups in total. The van der Waals surface area contributed by atoms with Gasteiger partial charge in [-0.25, -0.2) is 4.79 Å². The van der Waals surface area contributed by atoms with E-state index in [9.17, 15) is 19.7 Å². The number of hydrogen-bond acceptors (Lipinski definition) is 11. The molecular weight excluding hydrogens is 872 g/mol. The zero-order valence-electron chi connectivity index (χ0n) is 37.3. The molecule has 7 aromatic rings. The number of halogens is 1. The number of esters is 1. The van der Waals surface area contributed by atoms with Gasteiger partial charge in [0.05, 0.1) is 43.6 Å². The highest BCUT2D eigenvalue weighted by molar-refractivity contribution is 6.33. The van der Waals surface area contributed by atoms with Crippen molar-refractivity contribution in [3.63, 3.8) is 0 Å². The number of azo groups is 1. The van der Waals surface area contributed by atoms with Crippen LogP contribution < -0.4 is 19.3 Å². The minimum absolute atomic E-state index is 0.0254. The summed E-state index contributed by atoms with van der Waals surface area (Å²) < 4.78 is 23.1. The fourth-order valence-corrected chi connectivity index (χ4v) is 8.82. The molecule has 0 spiro atoms. The van der Waals surface area contributed by atoms with Gasteiger partial charge in [0.25, 0.3) is 5.69 Å². The van der Waals surface area contributed by atoms with Gasteiger partial charge in [0, 0.05) is 60.5 Å². The van der Waals surface area contributed by atoms with E-state index in [0.29, 0.717) is 69.0 Å². The number of hydrogen-bond donors (Lipinski definition) is 1. The zero-order valence-corrected chi connectivity index (χ0v) is 38.1. The smallest absolute Gasteiger partial charge is 0.354 e. The number of amides is 1. The number of rotatable bonds is 19. The molecule has 0 bridgehead atoms. The molecule has 6 aromatic carbocycles. The van der Waals surface area contributed by atoms with Crippen LogP contribution in [-0.4, -0.2) is 69.4 Å². The van der Waals surface area contributed by atoms with E-state index in [4.69, 9.17) is 30.5 Å². The lowest BCUT2D eigenvalue weighted by Crippen LogP contribution is -2.34. The number of non-ortho nitro benzene ring substituents is 1. The van der Waals surface area contributed by atoms with Crippen molar-refractivity contribution in [1.29, 1.82) is 0 Å². The number of carbonyl (C=O) groups is 2. The van der Waals surface area contributed by atoms with E-state index in [-0.39, 0.29) is 16.6 Å². The van der Waals surface area contributed by atoms with Crippen molar-refractivity contribution in [3.8, 4) is 11.5 Å². The fourth-order valence-electron chi connectivity index (χ4n) is 8.60. The number of nitrogens with one attached hydrogen (secondary N) is 1. The van der Waals surface area contributed by atoms with Crippen molar-refractivity contribution < 1.29 is 33.5 Å². The summed E-state index contributed by atoms with van der Waals surface area (Å²) in [6.45, 7) is 2.11. The molecule has 0 saturated heterocycles. The molecule has 2 heterocycles. The van der Waals surface area contributed by atoms with Gasteiger partial charge in [0.15, 0.2) is 0 Å².